The minimum atomic E-state index is 0.465. The van der Waals surface area contributed by atoms with Crippen molar-refractivity contribution >= 4 is 11.6 Å². The number of aromatic nitrogens is 2. The zero-order chi connectivity index (χ0) is 11.4. The van der Waals surface area contributed by atoms with Crippen molar-refractivity contribution in [1.82, 2.24) is 15.1 Å². The van der Waals surface area contributed by atoms with Gasteiger partial charge in [-0.1, -0.05) is 31.4 Å². The molecule has 0 bridgehead atoms. The van der Waals surface area contributed by atoms with Gasteiger partial charge in [0.15, 0.2) is 5.15 Å². The molecule has 0 unspecified atom stereocenters. The van der Waals surface area contributed by atoms with E-state index in [0.29, 0.717) is 5.15 Å². The molecule has 0 spiro atoms. The predicted molar refractivity (Wildman–Crippen MR) is 65.4 cm³/mol. The van der Waals surface area contributed by atoms with Gasteiger partial charge in [-0.3, -0.25) is 4.90 Å². The van der Waals surface area contributed by atoms with Gasteiger partial charge in [0.2, 0.25) is 0 Å². The molecule has 0 aliphatic heterocycles. The van der Waals surface area contributed by atoms with Crippen molar-refractivity contribution in [1.29, 1.82) is 0 Å². The van der Waals surface area contributed by atoms with E-state index in [1.165, 1.54) is 25.7 Å². The highest BCUT2D eigenvalue weighted by Crippen LogP contribution is 2.24. The van der Waals surface area contributed by atoms with Crippen molar-refractivity contribution in [2.24, 2.45) is 0 Å². The molecular formula is C12H18ClN3. The fraction of sp³-hybridized carbons (Fsp3) is 0.667. The van der Waals surface area contributed by atoms with Gasteiger partial charge in [0.1, 0.15) is 0 Å². The minimum Gasteiger partial charge on any atom is -0.295 e. The third-order valence-corrected chi connectivity index (χ3v) is 3.50. The summed E-state index contributed by atoms with van der Waals surface area (Å²) in [5, 5.41) is 8.46. The molecule has 1 aliphatic rings. The highest BCUT2D eigenvalue weighted by atomic mass is 35.5. The first kappa shape index (κ1) is 11.8. The van der Waals surface area contributed by atoms with Crippen molar-refractivity contribution in [2.75, 3.05) is 6.54 Å². The van der Waals surface area contributed by atoms with Crippen molar-refractivity contribution in [3.05, 3.63) is 23.0 Å². The fourth-order valence-corrected chi connectivity index (χ4v) is 2.51. The third-order valence-electron chi connectivity index (χ3n) is 3.30. The standard InChI is InChI=1S/C12H18ClN3/c1-2-16(11-5-3-4-6-11)9-10-7-8-12(13)15-14-10/h7-8,11H,2-6,9H2,1H3. The lowest BCUT2D eigenvalue weighted by molar-refractivity contribution is 0.197. The Hall–Kier alpha value is -0.670. The zero-order valence-corrected chi connectivity index (χ0v) is 10.5. The Balaban J connectivity index is 1.97. The topological polar surface area (TPSA) is 29.0 Å². The van der Waals surface area contributed by atoms with E-state index in [4.69, 9.17) is 11.6 Å². The van der Waals surface area contributed by atoms with Crippen LogP contribution in [0.2, 0.25) is 5.15 Å². The molecule has 1 aliphatic carbocycles. The average molecular weight is 240 g/mol. The molecule has 0 saturated heterocycles. The van der Waals surface area contributed by atoms with Crippen LogP contribution in [0.4, 0.5) is 0 Å². The number of hydrogen-bond acceptors (Lipinski definition) is 3. The average Bonchev–Trinajstić information content (AvgIpc) is 2.82. The second-order valence-electron chi connectivity index (χ2n) is 4.35. The van der Waals surface area contributed by atoms with Crippen LogP contribution in [0.25, 0.3) is 0 Å². The summed E-state index contributed by atoms with van der Waals surface area (Å²) in [5.74, 6) is 0. The lowest BCUT2D eigenvalue weighted by Gasteiger charge is -2.26. The molecule has 0 amide bonds. The number of rotatable bonds is 4. The molecule has 0 N–H and O–H groups in total. The largest absolute Gasteiger partial charge is 0.295 e. The van der Waals surface area contributed by atoms with E-state index in [2.05, 4.69) is 22.0 Å². The Morgan fingerprint density at radius 2 is 2.06 bits per heavy atom. The summed E-state index contributed by atoms with van der Waals surface area (Å²) < 4.78 is 0. The number of halogens is 1. The smallest absolute Gasteiger partial charge is 0.151 e. The monoisotopic (exact) mass is 239 g/mol. The first-order chi connectivity index (χ1) is 7.79. The normalized spacial score (nSPS) is 17.2. The lowest BCUT2D eigenvalue weighted by Crippen LogP contribution is -2.32. The molecule has 0 radical (unpaired) electrons. The maximum absolute atomic E-state index is 5.72. The zero-order valence-electron chi connectivity index (χ0n) is 9.69. The van der Waals surface area contributed by atoms with E-state index >= 15 is 0 Å². The van der Waals surface area contributed by atoms with Crippen LogP contribution in [0.5, 0.6) is 0 Å². The third kappa shape index (κ3) is 2.92. The van der Waals surface area contributed by atoms with Gasteiger partial charge in [0, 0.05) is 12.6 Å². The van der Waals surface area contributed by atoms with E-state index in [-0.39, 0.29) is 0 Å². The van der Waals surface area contributed by atoms with Crippen LogP contribution < -0.4 is 0 Å². The molecule has 0 atom stereocenters. The fourth-order valence-electron chi connectivity index (χ4n) is 2.40. The summed E-state index contributed by atoms with van der Waals surface area (Å²) in [6.07, 6.45) is 5.39. The summed E-state index contributed by atoms with van der Waals surface area (Å²) in [7, 11) is 0. The summed E-state index contributed by atoms with van der Waals surface area (Å²) in [5.41, 5.74) is 1.01. The highest BCUT2D eigenvalue weighted by molar-refractivity contribution is 6.29. The van der Waals surface area contributed by atoms with Crippen LogP contribution in [0.3, 0.4) is 0 Å². The minimum absolute atomic E-state index is 0.465. The Labute approximate surface area is 102 Å². The van der Waals surface area contributed by atoms with Gasteiger partial charge in [-0.05, 0) is 31.5 Å². The van der Waals surface area contributed by atoms with Gasteiger partial charge in [-0.25, -0.2) is 0 Å². The van der Waals surface area contributed by atoms with Gasteiger partial charge in [-0.2, -0.15) is 5.10 Å². The highest BCUT2D eigenvalue weighted by Gasteiger charge is 2.21. The Kier molecular flexibility index (Phi) is 4.13. The molecule has 1 aromatic heterocycles. The number of nitrogens with zero attached hydrogens (tertiary/aromatic N) is 3. The summed E-state index contributed by atoms with van der Waals surface area (Å²) in [6, 6.07) is 4.52. The first-order valence-electron chi connectivity index (χ1n) is 6.01. The van der Waals surface area contributed by atoms with E-state index < -0.39 is 0 Å². The maximum atomic E-state index is 5.72. The summed E-state index contributed by atoms with van der Waals surface area (Å²) in [6.45, 7) is 4.18. The van der Waals surface area contributed by atoms with Gasteiger partial charge >= 0.3 is 0 Å². The van der Waals surface area contributed by atoms with Crippen molar-refractivity contribution in [3.8, 4) is 0 Å². The van der Waals surface area contributed by atoms with Crippen LogP contribution in [0.1, 0.15) is 38.3 Å². The van der Waals surface area contributed by atoms with Crippen LogP contribution in [-0.4, -0.2) is 27.7 Å². The SMILES string of the molecule is CCN(Cc1ccc(Cl)nn1)C1CCCC1. The van der Waals surface area contributed by atoms with Crippen molar-refractivity contribution in [3.63, 3.8) is 0 Å². The van der Waals surface area contributed by atoms with Gasteiger partial charge < -0.3 is 0 Å². The van der Waals surface area contributed by atoms with Gasteiger partial charge in [0.25, 0.3) is 0 Å². The van der Waals surface area contributed by atoms with Crippen LogP contribution in [0.15, 0.2) is 12.1 Å². The van der Waals surface area contributed by atoms with Crippen molar-refractivity contribution in [2.45, 2.75) is 45.2 Å². The molecule has 1 saturated carbocycles. The second kappa shape index (κ2) is 5.60. The van der Waals surface area contributed by atoms with Crippen molar-refractivity contribution < 1.29 is 0 Å². The molecule has 4 heteroatoms. The van der Waals surface area contributed by atoms with Gasteiger partial charge in [0.05, 0.1) is 5.69 Å². The maximum Gasteiger partial charge on any atom is 0.151 e. The Bertz CT molecular complexity index is 320. The summed E-state index contributed by atoms with van der Waals surface area (Å²) in [4.78, 5) is 2.49. The van der Waals surface area contributed by atoms with Crippen LogP contribution in [-0.2, 0) is 6.54 Å². The molecule has 1 heterocycles. The lowest BCUT2D eigenvalue weighted by atomic mass is 10.2. The summed E-state index contributed by atoms with van der Waals surface area (Å²) >= 11 is 5.72. The van der Waals surface area contributed by atoms with Crippen LogP contribution in [0, 0.1) is 0 Å². The van der Waals surface area contributed by atoms with Crippen LogP contribution >= 0.6 is 11.6 Å². The quantitative estimate of drug-likeness (QED) is 0.809. The molecule has 16 heavy (non-hydrogen) atoms. The molecule has 3 nitrogen and oxygen atoms in total. The molecule has 88 valence electrons. The van der Waals surface area contributed by atoms with Gasteiger partial charge in [-0.15, -0.1) is 5.10 Å². The van der Waals surface area contributed by atoms with E-state index in [1.807, 2.05) is 12.1 Å². The molecule has 1 fully saturated rings. The Morgan fingerprint density at radius 1 is 1.31 bits per heavy atom. The molecule has 0 aromatic carbocycles. The van der Waals surface area contributed by atoms with E-state index in [9.17, 15) is 0 Å². The van der Waals surface area contributed by atoms with E-state index in [0.717, 1.165) is 24.8 Å². The van der Waals surface area contributed by atoms with E-state index in [1.54, 1.807) is 0 Å². The first-order valence-corrected chi connectivity index (χ1v) is 6.39. The second-order valence-corrected chi connectivity index (χ2v) is 4.74. The number of hydrogen-bond donors (Lipinski definition) is 0. The predicted octanol–water partition coefficient (Wildman–Crippen LogP) is 2.89. The molecule has 2 rings (SSSR count). The molecule has 1 aromatic rings. The Morgan fingerprint density at radius 3 is 2.62 bits per heavy atom. The molecular weight excluding hydrogens is 222 g/mol.